The zero-order chi connectivity index (χ0) is 17.3. The Balaban J connectivity index is 1.71. The molecule has 5 heteroatoms. The molecular weight excluding hydrogens is 304 g/mol. The van der Waals surface area contributed by atoms with Gasteiger partial charge in [-0.05, 0) is 43.9 Å². The van der Waals surface area contributed by atoms with Gasteiger partial charge >= 0.3 is 0 Å². The summed E-state index contributed by atoms with van der Waals surface area (Å²) in [7, 11) is 0. The first-order chi connectivity index (χ1) is 11.3. The lowest BCUT2D eigenvalue weighted by atomic mass is 9.74. The van der Waals surface area contributed by atoms with Crippen LogP contribution in [0, 0.1) is 12.3 Å². The minimum absolute atomic E-state index is 0.0475. The van der Waals surface area contributed by atoms with E-state index in [0.717, 1.165) is 29.9 Å². The summed E-state index contributed by atoms with van der Waals surface area (Å²) >= 11 is 0. The van der Waals surface area contributed by atoms with Crippen LogP contribution in [0.15, 0.2) is 35.0 Å². The van der Waals surface area contributed by atoms with E-state index in [1.165, 1.54) is 0 Å². The number of furan rings is 1. The Labute approximate surface area is 142 Å². The molecule has 1 N–H and O–H groups in total. The topological polar surface area (TPSA) is 64.4 Å². The SMILES string of the molecule is Cc1cc2c(o1)CC(C)(C)CC2NC(=O)C(C)Oc1cccnc1. The highest BCUT2D eigenvalue weighted by atomic mass is 16.5. The Morgan fingerprint density at radius 2 is 2.29 bits per heavy atom. The zero-order valence-electron chi connectivity index (χ0n) is 14.6. The zero-order valence-corrected chi connectivity index (χ0v) is 14.6. The number of aryl methyl sites for hydroxylation is 1. The molecule has 2 atom stereocenters. The number of amides is 1. The first kappa shape index (κ1) is 16.6. The molecule has 128 valence electrons. The van der Waals surface area contributed by atoms with Gasteiger partial charge in [-0.1, -0.05) is 13.8 Å². The molecule has 1 amide bonds. The fraction of sp³-hybridized carbons (Fsp3) is 0.474. The second kappa shape index (κ2) is 6.30. The summed E-state index contributed by atoms with van der Waals surface area (Å²) in [6, 6.07) is 5.55. The van der Waals surface area contributed by atoms with Crippen LogP contribution in [-0.4, -0.2) is 17.0 Å². The molecule has 2 aromatic rings. The van der Waals surface area contributed by atoms with Crippen molar-refractivity contribution in [1.82, 2.24) is 10.3 Å². The van der Waals surface area contributed by atoms with E-state index in [2.05, 4.69) is 24.1 Å². The lowest BCUT2D eigenvalue weighted by molar-refractivity contribution is -0.128. The monoisotopic (exact) mass is 328 g/mol. The molecule has 1 aliphatic carbocycles. The van der Waals surface area contributed by atoms with Gasteiger partial charge in [0.15, 0.2) is 6.10 Å². The van der Waals surface area contributed by atoms with Crippen LogP contribution in [-0.2, 0) is 11.2 Å². The molecule has 1 aliphatic rings. The van der Waals surface area contributed by atoms with Crippen molar-refractivity contribution < 1.29 is 13.9 Å². The molecule has 0 spiro atoms. The van der Waals surface area contributed by atoms with Crippen LogP contribution in [0.25, 0.3) is 0 Å². The number of carbonyl (C=O) groups is 1. The van der Waals surface area contributed by atoms with Crippen LogP contribution in [0.4, 0.5) is 0 Å². The second-order valence-corrected chi connectivity index (χ2v) is 7.29. The fourth-order valence-electron chi connectivity index (χ4n) is 3.28. The first-order valence-corrected chi connectivity index (χ1v) is 8.30. The molecule has 5 nitrogen and oxygen atoms in total. The highest BCUT2D eigenvalue weighted by molar-refractivity contribution is 5.81. The van der Waals surface area contributed by atoms with E-state index in [1.807, 2.05) is 13.0 Å². The highest BCUT2D eigenvalue weighted by Gasteiger charge is 2.36. The number of hydrogen-bond acceptors (Lipinski definition) is 4. The van der Waals surface area contributed by atoms with Crippen molar-refractivity contribution in [3.8, 4) is 5.75 Å². The average Bonchev–Trinajstić information content (AvgIpc) is 2.87. The maximum Gasteiger partial charge on any atom is 0.261 e. The molecule has 0 fully saturated rings. The summed E-state index contributed by atoms with van der Waals surface area (Å²) in [6.07, 6.45) is 4.46. The number of hydrogen-bond donors (Lipinski definition) is 1. The smallest absolute Gasteiger partial charge is 0.261 e. The molecule has 0 bridgehead atoms. The minimum Gasteiger partial charge on any atom is -0.479 e. The Hall–Kier alpha value is -2.30. The van der Waals surface area contributed by atoms with Crippen molar-refractivity contribution in [2.45, 2.75) is 52.7 Å². The van der Waals surface area contributed by atoms with Crippen molar-refractivity contribution in [1.29, 1.82) is 0 Å². The van der Waals surface area contributed by atoms with Crippen LogP contribution < -0.4 is 10.1 Å². The summed E-state index contributed by atoms with van der Waals surface area (Å²) < 4.78 is 11.5. The molecule has 3 rings (SSSR count). The van der Waals surface area contributed by atoms with Gasteiger partial charge in [-0.3, -0.25) is 9.78 Å². The standard InChI is InChI=1S/C19H24N2O3/c1-12-8-15-16(9-19(3,4)10-17(15)23-12)21-18(22)13(2)24-14-6-5-7-20-11-14/h5-8,11,13,16H,9-10H2,1-4H3,(H,21,22). The van der Waals surface area contributed by atoms with E-state index in [1.54, 1.807) is 31.5 Å². The lowest BCUT2D eigenvalue weighted by Crippen LogP contribution is -2.41. The summed E-state index contributed by atoms with van der Waals surface area (Å²) in [5.74, 6) is 2.32. The number of ether oxygens (including phenoxy) is 1. The maximum atomic E-state index is 12.6. The predicted octanol–water partition coefficient (Wildman–Crippen LogP) is 3.58. The van der Waals surface area contributed by atoms with E-state index >= 15 is 0 Å². The van der Waals surface area contributed by atoms with Crippen LogP contribution in [0.5, 0.6) is 5.75 Å². The van der Waals surface area contributed by atoms with Crippen molar-refractivity contribution in [3.05, 3.63) is 47.7 Å². The lowest BCUT2D eigenvalue weighted by Gasteiger charge is -2.35. The molecule has 24 heavy (non-hydrogen) atoms. The first-order valence-electron chi connectivity index (χ1n) is 8.30. The molecule has 2 unspecified atom stereocenters. The third kappa shape index (κ3) is 3.61. The van der Waals surface area contributed by atoms with Gasteiger partial charge in [-0.2, -0.15) is 0 Å². The number of nitrogens with zero attached hydrogens (tertiary/aromatic N) is 1. The average molecular weight is 328 g/mol. The molecule has 0 aliphatic heterocycles. The molecule has 2 heterocycles. The molecule has 0 saturated carbocycles. The third-order valence-electron chi connectivity index (χ3n) is 4.37. The molecular formula is C19H24N2O3. The van der Waals surface area contributed by atoms with E-state index in [-0.39, 0.29) is 17.4 Å². The molecule has 0 radical (unpaired) electrons. The highest BCUT2D eigenvalue weighted by Crippen LogP contribution is 2.42. The Morgan fingerprint density at radius 1 is 1.50 bits per heavy atom. The fourth-order valence-corrected chi connectivity index (χ4v) is 3.28. The van der Waals surface area contributed by atoms with E-state index < -0.39 is 6.10 Å². The van der Waals surface area contributed by atoms with Crippen molar-refractivity contribution >= 4 is 5.91 Å². The number of pyridine rings is 1. The van der Waals surface area contributed by atoms with E-state index in [0.29, 0.717) is 5.75 Å². The van der Waals surface area contributed by atoms with Crippen LogP contribution in [0.3, 0.4) is 0 Å². The number of carbonyl (C=O) groups excluding carboxylic acids is 1. The van der Waals surface area contributed by atoms with Gasteiger partial charge < -0.3 is 14.5 Å². The van der Waals surface area contributed by atoms with E-state index in [4.69, 9.17) is 9.15 Å². The van der Waals surface area contributed by atoms with E-state index in [9.17, 15) is 4.79 Å². The van der Waals surface area contributed by atoms with Gasteiger partial charge in [0.1, 0.15) is 17.3 Å². The van der Waals surface area contributed by atoms with Gasteiger partial charge in [0.2, 0.25) is 0 Å². The van der Waals surface area contributed by atoms with Crippen molar-refractivity contribution in [3.63, 3.8) is 0 Å². The summed E-state index contributed by atoms with van der Waals surface area (Å²) in [5.41, 5.74) is 1.18. The predicted molar refractivity (Wildman–Crippen MR) is 90.8 cm³/mol. The number of rotatable bonds is 4. The van der Waals surface area contributed by atoms with Gasteiger partial charge in [0.25, 0.3) is 5.91 Å². The normalized spacial score (nSPS) is 20.1. The quantitative estimate of drug-likeness (QED) is 0.932. The Bertz CT molecular complexity index is 721. The summed E-state index contributed by atoms with van der Waals surface area (Å²) in [4.78, 5) is 16.6. The number of aromatic nitrogens is 1. The molecule has 0 aromatic carbocycles. The Morgan fingerprint density at radius 3 is 3.00 bits per heavy atom. The van der Waals surface area contributed by atoms with Gasteiger partial charge in [-0.15, -0.1) is 0 Å². The minimum atomic E-state index is -0.587. The van der Waals surface area contributed by atoms with Gasteiger partial charge in [0.05, 0.1) is 12.2 Å². The second-order valence-electron chi connectivity index (χ2n) is 7.29. The van der Waals surface area contributed by atoms with Crippen LogP contribution >= 0.6 is 0 Å². The van der Waals surface area contributed by atoms with Gasteiger partial charge in [0, 0.05) is 18.2 Å². The summed E-state index contributed by atoms with van der Waals surface area (Å²) in [6.45, 7) is 8.08. The maximum absolute atomic E-state index is 12.6. The van der Waals surface area contributed by atoms with Crippen LogP contribution in [0.1, 0.15) is 50.3 Å². The van der Waals surface area contributed by atoms with Gasteiger partial charge in [-0.25, -0.2) is 0 Å². The molecule has 2 aromatic heterocycles. The summed E-state index contributed by atoms with van der Waals surface area (Å²) in [5, 5.41) is 3.12. The third-order valence-corrected chi connectivity index (χ3v) is 4.37. The number of nitrogens with one attached hydrogen (secondary N) is 1. The Kier molecular flexibility index (Phi) is 4.35. The van der Waals surface area contributed by atoms with Crippen LogP contribution in [0.2, 0.25) is 0 Å². The number of fused-ring (bicyclic) bond motifs is 1. The van der Waals surface area contributed by atoms with Crippen molar-refractivity contribution in [2.24, 2.45) is 5.41 Å². The van der Waals surface area contributed by atoms with Crippen molar-refractivity contribution in [2.75, 3.05) is 0 Å². The largest absolute Gasteiger partial charge is 0.479 e. The molecule has 0 saturated heterocycles.